The lowest BCUT2D eigenvalue weighted by molar-refractivity contribution is 0.423. The van der Waals surface area contributed by atoms with Crippen LogP contribution in [0.15, 0.2) is 36.1 Å². The lowest BCUT2D eigenvalue weighted by Crippen LogP contribution is -2.39. The average molecular weight is 264 g/mol. The topological polar surface area (TPSA) is 9.23 Å². The normalized spacial score (nSPS) is 23.2. The Balaban J connectivity index is 2.66. The molecular weight excluding hydrogens is 236 g/mol. The van der Waals surface area contributed by atoms with Crippen molar-refractivity contribution in [2.75, 3.05) is 0 Å². The van der Waals surface area contributed by atoms with Gasteiger partial charge in [0.2, 0.25) is 8.32 Å². The Morgan fingerprint density at radius 2 is 2.06 bits per heavy atom. The number of rotatable bonds is 3. The molecule has 0 saturated carbocycles. The minimum absolute atomic E-state index is 0.267. The zero-order valence-corrected chi connectivity index (χ0v) is 13.8. The Hall–Kier alpha value is -0.763. The van der Waals surface area contributed by atoms with E-state index in [0.717, 1.165) is 6.42 Å². The van der Waals surface area contributed by atoms with Crippen LogP contribution in [0.3, 0.4) is 0 Å². The maximum atomic E-state index is 6.13. The third-order valence-electron chi connectivity index (χ3n) is 4.23. The van der Waals surface area contributed by atoms with Crippen LogP contribution in [0.2, 0.25) is 18.1 Å². The van der Waals surface area contributed by atoms with Crippen LogP contribution in [0.4, 0.5) is 0 Å². The van der Waals surface area contributed by atoms with Crippen LogP contribution in [0.5, 0.6) is 0 Å². The molecule has 0 bridgehead atoms. The fourth-order valence-electron chi connectivity index (χ4n) is 1.65. The van der Waals surface area contributed by atoms with Gasteiger partial charge in [0.05, 0.1) is 6.26 Å². The molecule has 1 aliphatic carbocycles. The summed E-state index contributed by atoms with van der Waals surface area (Å²) in [6.45, 7) is 17.5. The van der Waals surface area contributed by atoms with Crippen molar-refractivity contribution in [1.82, 2.24) is 0 Å². The van der Waals surface area contributed by atoms with Gasteiger partial charge in [-0.1, -0.05) is 45.1 Å². The lowest BCUT2D eigenvalue weighted by atomic mass is 9.89. The minimum atomic E-state index is -1.66. The lowest BCUT2D eigenvalue weighted by Gasteiger charge is -2.35. The van der Waals surface area contributed by atoms with Crippen LogP contribution in [-0.4, -0.2) is 8.32 Å². The maximum absolute atomic E-state index is 6.13. The molecule has 1 aliphatic rings. The smallest absolute Gasteiger partial charge is 0.249 e. The van der Waals surface area contributed by atoms with E-state index < -0.39 is 8.32 Å². The van der Waals surface area contributed by atoms with Gasteiger partial charge in [0.25, 0.3) is 0 Å². The Morgan fingerprint density at radius 3 is 2.44 bits per heavy atom. The molecule has 1 nitrogen and oxygen atoms in total. The Kier molecular flexibility index (Phi) is 4.65. The summed E-state index contributed by atoms with van der Waals surface area (Å²) >= 11 is 0. The van der Waals surface area contributed by atoms with Crippen LogP contribution < -0.4 is 0 Å². The molecule has 0 saturated heterocycles. The van der Waals surface area contributed by atoms with Gasteiger partial charge in [0.1, 0.15) is 0 Å². The van der Waals surface area contributed by atoms with Gasteiger partial charge in [-0.05, 0) is 49.4 Å². The fourth-order valence-corrected chi connectivity index (χ4v) is 2.45. The molecule has 0 N–H and O–H groups in total. The standard InChI is InChI=1S/C16H28OSi/c1-13(2)15-10-8-14(9-11-15)12-17-18(6,7)16(3,4)5/h8,10,12,15H,1,9,11H2,2-7H3/b14-12+/t15-/m0/s1. The summed E-state index contributed by atoms with van der Waals surface area (Å²) in [5, 5.41) is 0.267. The van der Waals surface area contributed by atoms with E-state index in [9.17, 15) is 0 Å². The Morgan fingerprint density at radius 1 is 1.44 bits per heavy atom. The largest absolute Gasteiger partial charge is 0.549 e. The van der Waals surface area contributed by atoms with Crippen LogP contribution in [0, 0.1) is 5.92 Å². The fraction of sp³-hybridized carbons (Fsp3) is 0.625. The first kappa shape index (κ1) is 15.3. The van der Waals surface area contributed by atoms with Crippen LogP contribution in [0.1, 0.15) is 40.5 Å². The van der Waals surface area contributed by atoms with Gasteiger partial charge in [0, 0.05) is 0 Å². The molecule has 1 rings (SSSR count). The number of hydrogen-bond donors (Lipinski definition) is 0. The van der Waals surface area contributed by atoms with Crippen molar-refractivity contribution in [3.05, 3.63) is 36.1 Å². The van der Waals surface area contributed by atoms with Crippen molar-refractivity contribution in [2.24, 2.45) is 5.92 Å². The quantitative estimate of drug-likeness (QED) is 0.375. The average Bonchev–Trinajstić information content (AvgIpc) is 2.25. The predicted molar refractivity (Wildman–Crippen MR) is 83.0 cm³/mol. The third-order valence-corrected chi connectivity index (χ3v) is 8.55. The highest BCUT2D eigenvalue weighted by molar-refractivity contribution is 6.74. The maximum Gasteiger partial charge on any atom is 0.249 e. The second kappa shape index (κ2) is 5.48. The van der Waals surface area contributed by atoms with Gasteiger partial charge >= 0.3 is 0 Å². The summed E-state index contributed by atoms with van der Waals surface area (Å²) < 4.78 is 6.13. The van der Waals surface area contributed by atoms with E-state index in [1.807, 2.05) is 6.26 Å². The van der Waals surface area contributed by atoms with E-state index in [-0.39, 0.29) is 5.04 Å². The van der Waals surface area contributed by atoms with Crippen LogP contribution in [0.25, 0.3) is 0 Å². The molecule has 0 aromatic rings. The van der Waals surface area contributed by atoms with Crippen molar-refractivity contribution in [3.8, 4) is 0 Å². The van der Waals surface area contributed by atoms with Crippen LogP contribution in [-0.2, 0) is 4.43 Å². The molecule has 0 unspecified atom stereocenters. The third kappa shape index (κ3) is 3.87. The molecule has 1 atom stereocenters. The van der Waals surface area contributed by atoms with Crippen molar-refractivity contribution < 1.29 is 4.43 Å². The summed E-state index contributed by atoms with van der Waals surface area (Å²) in [5.74, 6) is 0.551. The van der Waals surface area contributed by atoms with Gasteiger partial charge < -0.3 is 4.43 Å². The summed E-state index contributed by atoms with van der Waals surface area (Å²) in [5.41, 5.74) is 2.58. The van der Waals surface area contributed by atoms with Crippen LogP contribution >= 0.6 is 0 Å². The first-order valence-corrected chi connectivity index (χ1v) is 9.75. The molecule has 18 heavy (non-hydrogen) atoms. The van der Waals surface area contributed by atoms with Crippen molar-refractivity contribution in [2.45, 2.75) is 58.7 Å². The van der Waals surface area contributed by atoms with Crippen molar-refractivity contribution >= 4 is 8.32 Å². The van der Waals surface area contributed by atoms with E-state index in [1.165, 1.54) is 17.6 Å². The van der Waals surface area contributed by atoms with Crippen molar-refractivity contribution in [3.63, 3.8) is 0 Å². The number of allylic oxidation sites excluding steroid dienone is 4. The molecule has 0 fully saturated rings. The summed E-state index contributed by atoms with van der Waals surface area (Å²) in [7, 11) is -1.66. The predicted octanol–water partition coefficient (Wildman–Crippen LogP) is 5.43. The highest BCUT2D eigenvalue weighted by Crippen LogP contribution is 2.37. The van der Waals surface area contributed by atoms with E-state index in [0.29, 0.717) is 5.92 Å². The molecule has 2 heteroatoms. The molecule has 102 valence electrons. The minimum Gasteiger partial charge on any atom is -0.549 e. The monoisotopic (exact) mass is 264 g/mol. The highest BCUT2D eigenvalue weighted by Gasteiger charge is 2.38. The second-order valence-corrected chi connectivity index (χ2v) is 11.7. The molecule has 0 aliphatic heterocycles. The van der Waals surface area contributed by atoms with E-state index in [2.05, 4.69) is 59.5 Å². The first-order valence-electron chi connectivity index (χ1n) is 6.84. The molecular formula is C16H28OSi. The summed E-state index contributed by atoms with van der Waals surface area (Å²) in [6.07, 6.45) is 8.73. The van der Waals surface area contributed by atoms with Gasteiger partial charge in [-0.15, -0.1) is 0 Å². The Bertz CT molecular complexity index is 369. The first-order chi connectivity index (χ1) is 8.13. The van der Waals surface area contributed by atoms with Gasteiger partial charge in [-0.25, -0.2) is 0 Å². The molecule has 0 heterocycles. The van der Waals surface area contributed by atoms with Crippen molar-refractivity contribution in [1.29, 1.82) is 0 Å². The van der Waals surface area contributed by atoms with E-state index in [1.54, 1.807) is 0 Å². The number of hydrogen-bond acceptors (Lipinski definition) is 1. The van der Waals surface area contributed by atoms with Gasteiger partial charge in [-0.3, -0.25) is 0 Å². The molecule has 0 amide bonds. The zero-order valence-electron chi connectivity index (χ0n) is 12.8. The second-order valence-electron chi connectivity index (χ2n) is 6.92. The molecule has 0 aromatic carbocycles. The summed E-state index contributed by atoms with van der Waals surface area (Å²) in [4.78, 5) is 0. The van der Waals surface area contributed by atoms with E-state index in [4.69, 9.17) is 4.43 Å². The SMILES string of the molecule is C=C(C)[C@H]1C=C/C(=C\O[Si](C)(C)C(C)(C)C)CC1. The zero-order chi connectivity index (χ0) is 14.0. The van der Waals surface area contributed by atoms with Gasteiger partial charge in [0.15, 0.2) is 0 Å². The molecule has 0 aromatic heterocycles. The highest BCUT2D eigenvalue weighted by atomic mass is 28.4. The van der Waals surface area contributed by atoms with Gasteiger partial charge in [-0.2, -0.15) is 0 Å². The Labute approximate surface area is 114 Å². The molecule has 0 radical (unpaired) electrons. The molecule has 0 spiro atoms. The summed E-state index contributed by atoms with van der Waals surface area (Å²) in [6, 6.07) is 0. The van der Waals surface area contributed by atoms with E-state index >= 15 is 0 Å².